The SMILES string of the molecule is CC1CCC(C(=O)c2ccc3c(c2)OCCCO3)C1. The number of rotatable bonds is 2. The number of ether oxygens (including phenoxy) is 2. The molecule has 19 heavy (non-hydrogen) atoms. The highest BCUT2D eigenvalue weighted by atomic mass is 16.5. The van der Waals surface area contributed by atoms with Gasteiger partial charge in [0.2, 0.25) is 0 Å². The normalized spacial score (nSPS) is 25.9. The fraction of sp³-hybridized carbons (Fsp3) is 0.562. The fourth-order valence-corrected chi connectivity index (χ4v) is 3.00. The van der Waals surface area contributed by atoms with Crippen molar-refractivity contribution in [2.24, 2.45) is 11.8 Å². The number of hydrogen-bond donors (Lipinski definition) is 0. The number of benzene rings is 1. The topological polar surface area (TPSA) is 35.5 Å². The molecule has 2 unspecified atom stereocenters. The van der Waals surface area contributed by atoms with E-state index in [-0.39, 0.29) is 11.7 Å². The molecule has 3 rings (SSSR count). The molecule has 0 aromatic heterocycles. The minimum absolute atomic E-state index is 0.194. The molecule has 3 heteroatoms. The monoisotopic (exact) mass is 260 g/mol. The van der Waals surface area contributed by atoms with Gasteiger partial charge in [-0.25, -0.2) is 0 Å². The lowest BCUT2D eigenvalue weighted by molar-refractivity contribution is 0.0920. The molecule has 1 fully saturated rings. The van der Waals surface area contributed by atoms with Gasteiger partial charge in [-0.15, -0.1) is 0 Å². The van der Waals surface area contributed by atoms with E-state index < -0.39 is 0 Å². The molecular weight excluding hydrogens is 240 g/mol. The molecule has 2 aliphatic rings. The van der Waals surface area contributed by atoms with Crippen molar-refractivity contribution < 1.29 is 14.3 Å². The second kappa shape index (κ2) is 5.24. The Bertz CT molecular complexity index is 481. The first kappa shape index (κ1) is 12.5. The van der Waals surface area contributed by atoms with Gasteiger partial charge < -0.3 is 9.47 Å². The van der Waals surface area contributed by atoms with E-state index in [1.54, 1.807) is 0 Å². The van der Waals surface area contributed by atoms with Gasteiger partial charge in [-0.05, 0) is 43.4 Å². The Labute approximate surface area is 113 Å². The van der Waals surface area contributed by atoms with Crippen molar-refractivity contribution in [2.45, 2.75) is 32.6 Å². The number of hydrogen-bond acceptors (Lipinski definition) is 3. The average Bonchev–Trinajstić information content (AvgIpc) is 2.72. The summed E-state index contributed by atoms with van der Waals surface area (Å²) in [5, 5.41) is 0. The smallest absolute Gasteiger partial charge is 0.166 e. The van der Waals surface area contributed by atoms with Crippen LogP contribution in [0.1, 0.15) is 43.0 Å². The first-order valence-electron chi connectivity index (χ1n) is 7.18. The highest BCUT2D eigenvalue weighted by Gasteiger charge is 2.28. The van der Waals surface area contributed by atoms with Crippen molar-refractivity contribution in [2.75, 3.05) is 13.2 Å². The molecule has 102 valence electrons. The van der Waals surface area contributed by atoms with Crippen LogP contribution in [0.3, 0.4) is 0 Å². The van der Waals surface area contributed by atoms with E-state index in [0.717, 1.165) is 36.3 Å². The molecule has 3 nitrogen and oxygen atoms in total. The fourth-order valence-electron chi connectivity index (χ4n) is 3.00. The number of ketones is 1. The summed E-state index contributed by atoms with van der Waals surface area (Å²) >= 11 is 0. The van der Waals surface area contributed by atoms with Gasteiger partial charge >= 0.3 is 0 Å². The highest BCUT2D eigenvalue weighted by Crippen LogP contribution is 2.35. The van der Waals surface area contributed by atoms with E-state index in [9.17, 15) is 4.79 Å². The van der Waals surface area contributed by atoms with Gasteiger partial charge in [0.15, 0.2) is 17.3 Å². The summed E-state index contributed by atoms with van der Waals surface area (Å²) in [4.78, 5) is 12.5. The Morgan fingerprint density at radius 3 is 2.68 bits per heavy atom. The molecule has 1 aromatic carbocycles. The molecule has 2 atom stereocenters. The third kappa shape index (κ3) is 2.60. The highest BCUT2D eigenvalue weighted by molar-refractivity contribution is 5.98. The number of carbonyl (C=O) groups excluding carboxylic acids is 1. The largest absolute Gasteiger partial charge is 0.490 e. The van der Waals surface area contributed by atoms with Gasteiger partial charge in [-0.1, -0.05) is 6.92 Å². The van der Waals surface area contributed by atoms with Crippen molar-refractivity contribution in [3.63, 3.8) is 0 Å². The maximum absolute atomic E-state index is 12.5. The Morgan fingerprint density at radius 2 is 1.95 bits per heavy atom. The van der Waals surface area contributed by atoms with Crippen LogP contribution in [-0.2, 0) is 0 Å². The van der Waals surface area contributed by atoms with Gasteiger partial charge in [0.25, 0.3) is 0 Å². The molecule has 0 saturated heterocycles. The molecule has 0 amide bonds. The summed E-state index contributed by atoms with van der Waals surface area (Å²) in [6.07, 6.45) is 4.10. The summed E-state index contributed by atoms with van der Waals surface area (Å²) < 4.78 is 11.2. The van der Waals surface area contributed by atoms with Crippen LogP contribution in [0.25, 0.3) is 0 Å². The summed E-state index contributed by atoms with van der Waals surface area (Å²) in [6, 6.07) is 5.59. The molecule has 0 spiro atoms. The van der Waals surface area contributed by atoms with Gasteiger partial charge in [-0.3, -0.25) is 4.79 Å². The zero-order valence-corrected chi connectivity index (χ0v) is 11.4. The van der Waals surface area contributed by atoms with Crippen molar-refractivity contribution in [1.82, 2.24) is 0 Å². The quantitative estimate of drug-likeness (QED) is 0.764. The Kier molecular flexibility index (Phi) is 3.45. The number of fused-ring (bicyclic) bond motifs is 1. The minimum atomic E-state index is 0.194. The maximum Gasteiger partial charge on any atom is 0.166 e. The van der Waals surface area contributed by atoms with Crippen LogP contribution in [0.2, 0.25) is 0 Å². The molecule has 1 heterocycles. The minimum Gasteiger partial charge on any atom is -0.490 e. The molecule has 0 bridgehead atoms. The first-order chi connectivity index (χ1) is 9.24. The van der Waals surface area contributed by atoms with Crippen LogP contribution < -0.4 is 9.47 Å². The van der Waals surface area contributed by atoms with Crippen LogP contribution in [0, 0.1) is 11.8 Å². The summed E-state index contributed by atoms with van der Waals surface area (Å²) in [7, 11) is 0. The van der Waals surface area contributed by atoms with Gasteiger partial charge in [0.1, 0.15) is 0 Å². The van der Waals surface area contributed by atoms with E-state index in [4.69, 9.17) is 9.47 Å². The molecule has 0 radical (unpaired) electrons. The summed E-state index contributed by atoms with van der Waals surface area (Å²) in [5.74, 6) is 2.61. The van der Waals surface area contributed by atoms with Crippen LogP contribution in [0.5, 0.6) is 11.5 Å². The van der Waals surface area contributed by atoms with E-state index in [1.165, 1.54) is 6.42 Å². The van der Waals surface area contributed by atoms with Crippen LogP contribution in [0.4, 0.5) is 0 Å². The standard InChI is InChI=1S/C16H20O3/c1-11-3-4-12(9-11)16(17)13-5-6-14-15(10-13)19-8-2-7-18-14/h5-6,10-12H,2-4,7-9H2,1H3. The molecule has 1 aliphatic heterocycles. The van der Waals surface area contributed by atoms with Gasteiger partial charge in [0.05, 0.1) is 13.2 Å². The average molecular weight is 260 g/mol. The van der Waals surface area contributed by atoms with Crippen LogP contribution in [0.15, 0.2) is 18.2 Å². The van der Waals surface area contributed by atoms with Crippen LogP contribution in [-0.4, -0.2) is 19.0 Å². The third-order valence-corrected chi connectivity index (χ3v) is 4.10. The second-order valence-electron chi connectivity index (χ2n) is 5.69. The van der Waals surface area contributed by atoms with E-state index in [1.807, 2.05) is 18.2 Å². The van der Waals surface area contributed by atoms with Crippen molar-refractivity contribution >= 4 is 5.78 Å². The van der Waals surface area contributed by atoms with E-state index in [0.29, 0.717) is 19.1 Å². The van der Waals surface area contributed by atoms with Crippen molar-refractivity contribution in [1.29, 1.82) is 0 Å². The molecule has 1 aromatic rings. The molecule has 1 aliphatic carbocycles. The summed E-state index contributed by atoms with van der Waals surface area (Å²) in [6.45, 7) is 3.56. The van der Waals surface area contributed by atoms with Gasteiger partial charge in [0, 0.05) is 17.9 Å². The Morgan fingerprint density at radius 1 is 1.16 bits per heavy atom. The van der Waals surface area contributed by atoms with Crippen molar-refractivity contribution in [3.8, 4) is 11.5 Å². The van der Waals surface area contributed by atoms with Crippen LogP contribution >= 0.6 is 0 Å². The maximum atomic E-state index is 12.5. The molecular formula is C16H20O3. The lowest BCUT2D eigenvalue weighted by Crippen LogP contribution is -2.11. The van der Waals surface area contributed by atoms with Crippen molar-refractivity contribution in [3.05, 3.63) is 23.8 Å². The van der Waals surface area contributed by atoms with E-state index in [2.05, 4.69) is 6.92 Å². The predicted molar refractivity (Wildman–Crippen MR) is 72.9 cm³/mol. The lowest BCUT2D eigenvalue weighted by Gasteiger charge is -2.12. The summed E-state index contributed by atoms with van der Waals surface area (Å²) in [5.41, 5.74) is 0.767. The Hall–Kier alpha value is -1.51. The lowest BCUT2D eigenvalue weighted by atomic mass is 9.95. The van der Waals surface area contributed by atoms with E-state index >= 15 is 0 Å². The molecule has 0 N–H and O–H groups in total. The zero-order chi connectivity index (χ0) is 13.2. The molecule has 1 saturated carbocycles. The second-order valence-corrected chi connectivity index (χ2v) is 5.69. The van der Waals surface area contributed by atoms with Gasteiger partial charge in [-0.2, -0.15) is 0 Å². The third-order valence-electron chi connectivity index (χ3n) is 4.10. The number of carbonyl (C=O) groups is 1. The number of Topliss-reactive ketones (excluding diaryl/α,β-unsaturated/α-hetero) is 1. The first-order valence-corrected chi connectivity index (χ1v) is 7.18. The zero-order valence-electron chi connectivity index (χ0n) is 11.4. The predicted octanol–water partition coefficient (Wildman–Crippen LogP) is 3.47. The Balaban J connectivity index is 1.81.